The molecule has 1 aliphatic rings. The van der Waals surface area contributed by atoms with Gasteiger partial charge in [-0.15, -0.1) is 0 Å². The molecule has 1 fully saturated rings. The van der Waals surface area contributed by atoms with E-state index in [1.54, 1.807) is 36.5 Å². The lowest BCUT2D eigenvalue weighted by Crippen LogP contribution is -2.54. The van der Waals surface area contributed by atoms with Crippen LogP contribution >= 0.6 is 0 Å². The number of pyridine rings is 1. The number of barbiturate groups is 1. The van der Waals surface area contributed by atoms with E-state index in [2.05, 4.69) is 15.6 Å². The highest BCUT2D eigenvalue weighted by atomic mass is 16.5. The van der Waals surface area contributed by atoms with Crippen LogP contribution < -0.4 is 15.4 Å². The smallest absolute Gasteiger partial charge is 0.328 e. The third-order valence-corrected chi connectivity index (χ3v) is 3.33. The van der Waals surface area contributed by atoms with E-state index in [1.165, 1.54) is 0 Å². The Labute approximate surface area is 131 Å². The van der Waals surface area contributed by atoms with Crippen LogP contribution in [0.5, 0.6) is 11.5 Å². The van der Waals surface area contributed by atoms with E-state index in [9.17, 15) is 14.4 Å². The summed E-state index contributed by atoms with van der Waals surface area (Å²) in [7, 11) is 0. The van der Waals surface area contributed by atoms with Crippen LogP contribution in [-0.2, 0) is 9.59 Å². The monoisotopic (exact) mass is 311 g/mol. The van der Waals surface area contributed by atoms with Crippen LogP contribution in [0.3, 0.4) is 0 Å². The number of hydrogen-bond donors (Lipinski definition) is 2. The Morgan fingerprint density at radius 1 is 0.913 bits per heavy atom. The van der Waals surface area contributed by atoms with Crippen LogP contribution in [0.4, 0.5) is 4.79 Å². The summed E-state index contributed by atoms with van der Waals surface area (Å²) in [4.78, 5) is 38.8. The number of aromatic nitrogens is 1. The first-order chi connectivity index (χ1) is 11.0. The van der Waals surface area contributed by atoms with Crippen molar-refractivity contribution in [2.75, 3.05) is 0 Å². The fraction of sp³-hybridized carbons (Fsp3) is 0.125. The van der Waals surface area contributed by atoms with Gasteiger partial charge in [-0.3, -0.25) is 25.2 Å². The highest BCUT2D eigenvalue weighted by Crippen LogP contribution is 2.25. The number of amides is 4. The summed E-state index contributed by atoms with van der Waals surface area (Å²) >= 11 is 0. The van der Waals surface area contributed by atoms with Gasteiger partial charge in [0.2, 0.25) is 11.8 Å². The fourth-order valence-corrected chi connectivity index (χ4v) is 2.20. The Kier molecular flexibility index (Phi) is 3.76. The standard InChI is InChI=1S/C16H13N3O4/c1-9-2-5-12(8-17-9)23-11-6-3-10(4-7-11)13-14(20)18-16(22)19-15(13)21/h2-8,13H,1H3,(H2,18,19,20,21,22). The summed E-state index contributed by atoms with van der Waals surface area (Å²) in [5.74, 6) is -1.21. The molecule has 0 bridgehead atoms. The number of urea groups is 1. The molecule has 7 heteroatoms. The molecule has 2 aromatic rings. The number of carbonyl (C=O) groups excluding carboxylic acids is 3. The first-order valence-electron chi connectivity index (χ1n) is 6.89. The summed E-state index contributed by atoms with van der Waals surface area (Å²) in [5, 5.41) is 4.14. The van der Waals surface area contributed by atoms with Crippen molar-refractivity contribution in [3.63, 3.8) is 0 Å². The molecule has 1 aliphatic heterocycles. The van der Waals surface area contributed by atoms with Crippen molar-refractivity contribution in [3.05, 3.63) is 53.9 Å². The number of nitrogens with zero attached hydrogens (tertiary/aromatic N) is 1. The van der Waals surface area contributed by atoms with E-state index in [0.29, 0.717) is 17.1 Å². The normalized spacial score (nSPS) is 15.1. The molecule has 3 rings (SSSR count). The van der Waals surface area contributed by atoms with E-state index in [1.807, 2.05) is 13.0 Å². The molecule has 0 saturated carbocycles. The summed E-state index contributed by atoms with van der Waals surface area (Å²) < 4.78 is 5.63. The van der Waals surface area contributed by atoms with E-state index in [4.69, 9.17) is 4.74 Å². The predicted molar refractivity (Wildman–Crippen MR) is 79.9 cm³/mol. The molecule has 116 valence electrons. The van der Waals surface area contributed by atoms with Crippen molar-refractivity contribution < 1.29 is 19.1 Å². The van der Waals surface area contributed by atoms with E-state index < -0.39 is 23.8 Å². The van der Waals surface area contributed by atoms with Gasteiger partial charge >= 0.3 is 6.03 Å². The minimum atomic E-state index is -1.05. The molecule has 7 nitrogen and oxygen atoms in total. The van der Waals surface area contributed by atoms with Crippen molar-refractivity contribution in [3.8, 4) is 11.5 Å². The maximum atomic E-state index is 11.8. The van der Waals surface area contributed by atoms with E-state index >= 15 is 0 Å². The maximum Gasteiger partial charge on any atom is 0.328 e. The number of rotatable bonds is 3. The van der Waals surface area contributed by atoms with Gasteiger partial charge in [-0.2, -0.15) is 0 Å². The number of aryl methyl sites for hydroxylation is 1. The van der Waals surface area contributed by atoms with Crippen LogP contribution in [0.2, 0.25) is 0 Å². The minimum absolute atomic E-state index is 0.474. The van der Waals surface area contributed by atoms with Gasteiger partial charge in [-0.1, -0.05) is 12.1 Å². The van der Waals surface area contributed by atoms with Crippen LogP contribution in [0, 0.1) is 6.92 Å². The van der Waals surface area contributed by atoms with Crippen molar-refractivity contribution in [2.24, 2.45) is 0 Å². The summed E-state index contributed by atoms with van der Waals surface area (Å²) in [6, 6.07) is 9.33. The first kappa shape index (κ1) is 14.7. The Morgan fingerprint density at radius 3 is 2.09 bits per heavy atom. The molecule has 0 unspecified atom stereocenters. The van der Waals surface area contributed by atoms with E-state index in [0.717, 1.165) is 5.69 Å². The second kappa shape index (κ2) is 5.88. The average molecular weight is 311 g/mol. The molecule has 4 amide bonds. The fourth-order valence-electron chi connectivity index (χ4n) is 2.20. The quantitative estimate of drug-likeness (QED) is 0.840. The van der Waals surface area contributed by atoms with Crippen LogP contribution in [0.25, 0.3) is 0 Å². The second-order valence-electron chi connectivity index (χ2n) is 5.05. The zero-order valence-corrected chi connectivity index (χ0v) is 12.2. The number of nitrogens with one attached hydrogen (secondary N) is 2. The van der Waals surface area contributed by atoms with Crippen LogP contribution in [-0.4, -0.2) is 22.8 Å². The second-order valence-corrected chi connectivity index (χ2v) is 5.05. The number of imide groups is 2. The number of carbonyl (C=O) groups is 3. The van der Waals surface area contributed by atoms with Gasteiger partial charge in [0.05, 0.1) is 6.20 Å². The van der Waals surface area contributed by atoms with Gasteiger partial charge in [0.1, 0.15) is 17.4 Å². The van der Waals surface area contributed by atoms with Gasteiger partial charge < -0.3 is 4.74 Å². The van der Waals surface area contributed by atoms with E-state index in [-0.39, 0.29) is 0 Å². The molecular formula is C16H13N3O4. The third-order valence-electron chi connectivity index (χ3n) is 3.33. The van der Waals surface area contributed by atoms with Gasteiger partial charge in [0, 0.05) is 5.69 Å². The number of benzene rings is 1. The first-order valence-corrected chi connectivity index (χ1v) is 6.89. The van der Waals surface area contributed by atoms with Gasteiger partial charge in [-0.25, -0.2) is 4.79 Å². The highest BCUT2D eigenvalue weighted by molar-refractivity contribution is 6.19. The third kappa shape index (κ3) is 3.18. The number of hydrogen-bond acceptors (Lipinski definition) is 5. The maximum absolute atomic E-state index is 11.8. The minimum Gasteiger partial charge on any atom is -0.456 e. The SMILES string of the molecule is Cc1ccc(Oc2ccc(C3C(=O)NC(=O)NC3=O)cc2)cn1. The summed E-state index contributed by atoms with van der Waals surface area (Å²) in [6.07, 6.45) is 1.61. The Morgan fingerprint density at radius 2 is 1.52 bits per heavy atom. The summed E-state index contributed by atoms with van der Waals surface area (Å²) in [6.45, 7) is 1.88. The molecule has 1 aromatic carbocycles. The van der Waals surface area contributed by atoms with Crippen molar-refractivity contribution in [2.45, 2.75) is 12.8 Å². The molecule has 0 atom stereocenters. The molecule has 1 saturated heterocycles. The lowest BCUT2D eigenvalue weighted by Gasteiger charge is -2.20. The molecule has 23 heavy (non-hydrogen) atoms. The molecule has 0 aliphatic carbocycles. The molecular weight excluding hydrogens is 298 g/mol. The zero-order valence-electron chi connectivity index (χ0n) is 12.2. The van der Waals surface area contributed by atoms with Crippen molar-refractivity contribution in [1.82, 2.24) is 15.6 Å². The Hall–Kier alpha value is -3.22. The molecule has 0 radical (unpaired) electrons. The lowest BCUT2D eigenvalue weighted by atomic mass is 9.96. The number of ether oxygens (including phenoxy) is 1. The lowest BCUT2D eigenvalue weighted by molar-refractivity contribution is -0.132. The predicted octanol–water partition coefficient (Wildman–Crippen LogP) is 1.63. The average Bonchev–Trinajstić information content (AvgIpc) is 2.50. The Balaban J connectivity index is 1.76. The zero-order chi connectivity index (χ0) is 16.4. The van der Waals surface area contributed by atoms with Crippen LogP contribution in [0.15, 0.2) is 42.6 Å². The molecule has 0 spiro atoms. The Bertz CT molecular complexity index is 749. The van der Waals surface area contributed by atoms with Gasteiger partial charge in [0.25, 0.3) is 0 Å². The molecule has 2 heterocycles. The topological polar surface area (TPSA) is 97.4 Å². The molecule has 1 aromatic heterocycles. The summed E-state index contributed by atoms with van der Waals surface area (Å²) in [5.41, 5.74) is 1.36. The highest BCUT2D eigenvalue weighted by Gasteiger charge is 2.35. The van der Waals surface area contributed by atoms with Gasteiger partial charge in [-0.05, 0) is 36.8 Å². The van der Waals surface area contributed by atoms with Gasteiger partial charge in [0.15, 0.2) is 0 Å². The largest absolute Gasteiger partial charge is 0.456 e. The van der Waals surface area contributed by atoms with Crippen LogP contribution in [0.1, 0.15) is 17.2 Å². The van der Waals surface area contributed by atoms with Crippen molar-refractivity contribution >= 4 is 17.8 Å². The molecule has 2 N–H and O–H groups in total. The van der Waals surface area contributed by atoms with Crippen molar-refractivity contribution in [1.29, 1.82) is 0 Å².